The molecule has 0 aromatic heterocycles. The van der Waals surface area contributed by atoms with E-state index in [4.69, 9.17) is 0 Å². The summed E-state index contributed by atoms with van der Waals surface area (Å²) in [6.07, 6.45) is 0. The largest absolute Gasteiger partial charge is 1.00 e. The Labute approximate surface area is 77.9 Å². The molecule has 0 aliphatic heterocycles. The molecular weight excluding hydrogens is 159 g/mol. The Balaban J connectivity index is 0. The maximum atomic E-state index is 2.31. The van der Waals surface area contributed by atoms with E-state index in [0.29, 0.717) is 0 Å². The SMILES string of the molecule is CC(C)[CH2][Al+][CH2]C(C)C.[Cl-]. The summed E-state index contributed by atoms with van der Waals surface area (Å²) < 4.78 is 0. The Morgan fingerprint density at radius 2 is 1.20 bits per heavy atom. The Morgan fingerprint density at radius 1 is 0.900 bits per heavy atom. The molecule has 10 heavy (non-hydrogen) atoms. The molecule has 0 aromatic carbocycles. The molecule has 0 unspecified atom stereocenters. The van der Waals surface area contributed by atoms with E-state index in [1.54, 1.807) is 0 Å². The molecule has 0 spiro atoms. The van der Waals surface area contributed by atoms with E-state index in [0.717, 1.165) is 27.1 Å². The van der Waals surface area contributed by atoms with Crippen LogP contribution in [-0.4, -0.2) is 15.2 Å². The maximum absolute atomic E-state index is 2.31. The van der Waals surface area contributed by atoms with Gasteiger partial charge in [-0.1, -0.05) is 0 Å². The van der Waals surface area contributed by atoms with Crippen molar-refractivity contribution in [3.63, 3.8) is 0 Å². The van der Waals surface area contributed by atoms with Crippen molar-refractivity contribution in [3.05, 3.63) is 0 Å². The van der Waals surface area contributed by atoms with Crippen LogP contribution in [0.25, 0.3) is 0 Å². The normalized spacial score (nSPS) is 9.40. The molecular formula is C8H18AlCl. The van der Waals surface area contributed by atoms with E-state index < -0.39 is 0 Å². The van der Waals surface area contributed by atoms with Gasteiger partial charge in [0.1, 0.15) is 0 Å². The average molecular weight is 177 g/mol. The fourth-order valence-corrected chi connectivity index (χ4v) is 2.29. The van der Waals surface area contributed by atoms with Gasteiger partial charge in [-0.3, -0.25) is 0 Å². The van der Waals surface area contributed by atoms with Gasteiger partial charge in [-0.05, 0) is 0 Å². The van der Waals surface area contributed by atoms with Crippen molar-refractivity contribution in [2.24, 2.45) is 11.8 Å². The zero-order valence-corrected chi connectivity index (χ0v) is 9.43. The Morgan fingerprint density at radius 3 is 1.40 bits per heavy atom. The number of hydrogen-bond acceptors (Lipinski definition) is 0. The number of rotatable bonds is 4. The van der Waals surface area contributed by atoms with Crippen molar-refractivity contribution in [1.82, 2.24) is 0 Å². The van der Waals surface area contributed by atoms with Crippen LogP contribution in [0, 0.1) is 11.8 Å². The van der Waals surface area contributed by atoms with Gasteiger partial charge < -0.3 is 12.4 Å². The van der Waals surface area contributed by atoms with Crippen LogP contribution in [0.4, 0.5) is 0 Å². The van der Waals surface area contributed by atoms with E-state index in [1.165, 1.54) is 10.6 Å². The Kier molecular flexibility index (Phi) is 10.6. The van der Waals surface area contributed by atoms with Gasteiger partial charge in [0.05, 0.1) is 0 Å². The van der Waals surface area contributed by atoms with E-state index in [-0.39, 0.29) is 12.4 Å². The monoisotopic (exact) mass is 176 g/mol. The first-order valence-electron chi connectivity index (χ1n) is 3.94. The van der Waals surface area contributed by atoms with Crippen LogP contribution in [0.2, 0.25) is 10.6 Å². The van der Waals surface area contributed by atoms with E-state index in [9.17, 15) is 0 Å². The molecule has 0 aliphatic carbocycles. The van der Waals surface area contributed by atoms with Gasteiger partial charge in [0.2, 0.25) is 0 Å². The minimum absolute atomic E-state index is 0. The predicted octanol–water partition coefficient (Wildman–Crippen LogP) is -0.157. The third-order valence-electron chi connectivity index (χ3n) is 1.28. The second-order valence-electron chi connectivity index (χ2n) is 3.55. The zero-order valence-electron chi connectivity index (χ0n) is 7.52. The average Bonchev–Trinajstić information content (AvgIpc) is 1.63. The Bertz CT molecular complexity index is 54.3. The van der Waals surface area contributed by atoms with Gasteiger partial charge in [0.15, 0.2) is 0 Å². The molecule has 0 bridgehead atoms. The first kappa shape index (κ1) is 13.4. The summed E-state index contributed by atoms with van der Waals surface area (Å²) in [5.74, 6) is 1.86. The molecule has 0 saturated heterocycles. The summed E-state index contributed by atoms with van der Waals surface area (Å²) in [4.78, 5) is 0. The van der Waals surface area contributed by atoms with Crippen LogP contribution in [0.5, 0.6) is 0 Å². The molecule has 0 aromatic rings. The molecule has 0 amide bonds. The van der Waals surface area contributed by atoms with E-state index in [1.807, 2.05) is 0 Å². The van der Waals surface area contributed by atoms with Crippen LogP contribution >= 0.6 is 0 Å². The topological polar surface area (TPSA) is 0 Å². The molecule has 0 nitrogen and oxygen atoms in total. The van der Waals surface area contributed by atoms with Gasteiger partial charge in [-0.2, -0.15) is 0 Å². The molecule has 0 heterocycles. The summed E-state index contributed by atoms with van der Waals surface area (Å²) in [5, 5.41) is 2.97. The maximum Gasteiger partial charge on any atom is -1.00 e. The second kappa shape index (κ2) is 7.92. The minimum atomic E-state index is 0. The predicted molar refractivity (Wildman–Crippen MR) is 45.0 cm³/mol. The van der Waals surface area contributed by atoms with Crippen LogP contribution in [0.3, 0.4) is 0 Å². The molecule has 0 saturated carbocycles. The van der Waals surface area contributed by atoms with Crippen molar-refractivity contribution >= 4 is 15.2 Å². The molecule has 0 N–H and O–H groups in total. The van der Waals surface area contributed by atoms with E-state index in [2.05, 4.69) is 27.7 Å². The molecule has 0 radical (unpaired) electrons. The third-order valence-corrected chi connectivity index (χ3v) is 3.83. The first-order chi connectivity index (χ1) is 4.13. The van der Waals surface area contributed by atoms with Crippen LogP contribution in [-0.2, 0) is 0 Å². The standard InChI is InChI=1S/2C4H9.Al.ClH/c2*1-4(2)3;;/h2*4H,1H2,2-3H3;;1H/q;;+1;/p-1. The van der Waals surface area contributed by atoms with Crippen LogP contribution in [0.15, 0.2) is 0 Å². The third kappa shape index (κ3) is 11.6. The summed E-state index contributed by atoms with van der Waals surface area (Å²) in [6, 6.07) is 0. The molecule has 60 valence electrons. The van der Waals surface area contributed by atoms with Gasteiger partial charge in [0.25, 0.3) is 0 Å². The summed E-state index contributed by atoms with van der Waals surface area (Å²) in [6.45, 7) is 9.25. The summed E-state index contributed by atoms with van der Waals surface area (Å²) >= 11 is 0.755. The fraction of sp³-hybridized carbons (Fsp3) is 1.00. The van der Waals surface area contributed by atoms with Gasteiger partial charge >= 0.3 is 65.3 Å². The Hall–Kier alpha value is 0.822. The molecule has 0 atom stereocenters. The van der Waals surface area contributed by atoms with E-state index >= 15 is 0 Å². The zero-order chi connectivity index (χ0) is 7.28. The summed E-state index contributed by atoms with van der Waals surface area (Å²) in [5.41, 5.74) is 0. The fourth-order valence-electron chi connectivity index (χ4n) is 0.763. The number of hydrogen-bond donors (Lipinski definition) is 0. The molecule has 0 rings (SSSR count). The smallest absolute Gasteiger partial charge is 1.00 e. The quantitative estimate of drug-likeness (QED) is 0.523. The molecule has 0 fully saturated rings. The van der Waals surface area contributed by atoms with Crippen molar-refractivity contribution < 1.29 is 12.4 Å². The van der Waals surface area contributed by atoms with Crippen molar-refractivity contribution in [2.45, 2.75) is 38.3 Å². The number of halogens is 1. The second-order valence-corrected chi connectivity index (χ2v) is 5.07. The molecule has 0 aliphatic rings. The van der Waals surface area contributed by atoms with Gasteiger partial charge in [0, 0.05) is 0 Å². The van der Waals surface area contributed by atoms with Crippen molar-refractivity contribution in [1.29, 1.82) is 0 Å². The van der Waals surface area contributed by atoms with Gasteiger partial charge in [-0.15, -0.1) is 0 Å². The van der Waals surface area contributed by atoms with Crippen LogP contribution in [0.1, 0.15) is 27.7 Å². The summed E-state index contributed by atoms with van der Waals surface area (Å²) in [7, 11) is 0. The van der Waals surface area contributed by atoms with Crippen molar-refractivity contribution in [2.75, 3.05) is 0 Å². The minimum Gasteiger partial charge on any atom is -1.00 e. The van der Waals surface area contributed by atoms with Crippen LogP contribution < -0.4 is 12.4 Å². The van der Waals surface area contributed by atoms with Gasteiger partial charge in [-0.25, -0.2) is 0 Å². The molecule has 2 heteroatoms. The van der Waals surface area contributed by atoms with Crippen molar-refractivity contribution in [3.8, 4) is 0 Å². The first-order valence-corrected chi connectivity index (χ1v) is 5.58.